The molecule has 0 saturated carbocycles. The molecule has 0 aromatic heterocycles. The van der Waals surface area contributed by atoms with Crippen molar-refractivity contribution in [2.75, 3.05) is 11.8 Å². The highest BCUT2D eigenvalue weighted by Crippen LogP contribution is 2.32. The minimum Gasteiger partial charge on any atom is -0.465 e. The molecule has 2 aromatic carbocycles. The number of anilines is 1. The first kappa shape index (κ1) is 17.9. The molecule has 0 aliphatic carbocycles. The third kappa shape index (κ3) is 3.90. The zero-order valence-corrected chi connectivity index (χ0v) is 14.7. The number of nitrogens with one attached hydrogen (secondary N) is 1. The van der Waals surface area contributed by atoms with E-state index < -0.39 is 16.0 Å². The molecule has 0 bridgehead atoms. The fourth-order valence-electron chi connectivity index (χ4n) is 1.74. The van der Waals surface area contributed by atoms with Gasteiger partial charge < -0.3 is 4.74 Å². The van der Waals surface area contributed by atoms with Crippen molar-refractivity contribution in [3.63, 3.8) is 0 Å². The summed E-state index contributed by atoms with van der Waals surface area (Å²) in [5, 5.41) is 0.197. The zero-order chi connectivity index (χ0) is 17.2. The molecule has 0 aliphatic heterocycles. The Balaban J connectivity index is 2.47. The standard InChI is InChI=1S/C14H10Cl3NO4S/c1-22-14(19)8-5-6-9(15)12(7-8)23(20,21)18-11-4-2-3-10(16)13(11)17/h2-7,18H,1H3. The molecule has 0 unspecified atom stereocenters. The van der Waals surface area contributed by atoms with Crippen LogP contribution in [-0.4, -0.2) is 21.5 Å². The summed E-state index contributed by atoms with van der Waals surface area (Å²) in [4.78, 5) is 11.3. The molecule has 5 nitrogen and oxygen atoms in total. The Morgan fingerprint density at radius 1 is 1.09 bits per heavy atom. The second-order valence-electron chi connectivity index (χ2n) is 4.34. The summed E-state index contributed by atoms with van der Waals surface area (Å²) in [6, 6.07) is 8.28. The van der Waals surface area contributed by atoms with Gasteiger partial charge >= 0.3 is 5.97 Å². The van der Waals surface area contributed by atoms with Crippen molar-refractivity contribution in [2.24, 2.45) is 0 Å². The van der Waals surface area contributed by atoms with E-state index in [1.165, 1.54) is 31.4 Å². The molecule has 2 aromatic rings. The first-order chi connectivity index (χ1) is 10.8. The van der Waals surface area contributed by atoms with Gasteiger partial charge in [-0.2, -0.15) is 0 Å². The van der Waals surface area contributed by atoms with E-state index in [4.69, 9.17) is 34.8 Å². The lowest BCUT2D eigenvalue weighted by atomic mass is 10.2. The predicted molar refractivity (Wildman–Crippen MR) is 90.1 cm³/mol. The van der Waals surface area contributed by atoms with Gasteiger partial charge in [0.05, 0.1) is 33.4 Å². The molecule has 0 aliphatic rings. The molecular formula is C14H10Cl3NO4S. The maximum atomic E-state index is 12.5. The van der Waals surface area contributed by atoms with E-state index in [0.29, 0.717) is 0 Å². The fraction of sp³-hybridized carbons (Fsp3) is 0.0714. The van der Waals surface area contributed by atoms with Crippen molar-refractivity contribution in [1.82, 2.24) is 0 Å². The van der Waals surface area contributed by atoms with Crippen LogP contribution in [0, 0.1) is 0 Å². The van der Waals surface area contributed by atoms with Crippen molar-refractivity contribution in [2.45, 2.75) is 4.90 Å². The van der Waals surface area contributed by atoms with Crippen LogP contribution in [0.3, 0.4) is 0 Å². The van der Waals surface area contributed by atoms with Crippen LogP contribution in [0.4, 0.5) is 5.69 Å². The van der Waals surface area contributed by atoms with Crippen LogP contribution in [0.1, 0.15) is 10.4 Å². The number of hydrogen-bond donors (Lipinski definition) is 1. The second kappa shape index (κ2) is 6.97. The molecule has 0 heterocycles. The fourth-order valence-corrected chi connectivity index (χ4v) is 3.74. The molecule has 9 heteroatoms. The molecule has 2 rings (SSSR count). The van der Waals surface area contributed by atoms with Gasteiger partial charge in [0, 0.05) is 0 Å². The summed E-state index contributed by atoms with van der Waals surface area (Å²) in [7, 11) is -2.89. The van der Waals surface area contributed by atoms with Crippen LogP contribution in [0.5, 0.6) is 0 Å². The average Bonchev–Trinajstić information content (AvgIpc) is 2.51. The van der Waals surface area contributed by atoms with Crippen LogP contribution in [0.2, 0.25) is 15.1 Å². The number of benzene rings is 2. The molecule has 0 saturated heterocycles. The van der Waals surface area contributed by atoms with E-state index in [1.807, 2.05) is 0 Å². The summed E-state index contributed by atoms with van der Waals surface area (Å²) >= 11 is 17.8. The van der Waals surface area contributed by atoms with Crippen LogP contribution in [0.25, 0.3) is 0 Å². The largest absolute Gasteiger partial charge is 0.465 e. The third-order valence-corrected chi connectivity index (χ3v) is 5.50. The molecule has 0 fully saturated rings. The topological polar surface area (TPSA) is 72.5 Å². The van der Waals surface area contributed by atoms with Crippen molar-refractivity contribution in [3.05, 3.63) is 57.0 Å². The van der Waals surface area contributed by atoms with Crippen LogP contribution >= 0.6 is 34.8 Å². The molecule has 0 spiro atoms. The van der Waals surface area contributed by atoms with Crippen molar-refractivity contribution in [1.29, 1.82) is 0 Å². The number of halogens is 3. The summed E-state index contributed by atoms with van der Waals surface area (Å²) in [6.45, 7) is 0. The van der Waals surface area contributed by atoms with Gasteiger partial charge in [-0.25, -0.2) is 13.2 Å². The van der Waals surface area contributed by atoms with E-state index in [0.717, 1.165) is 6.07 Å². The number of esters is 1. The highest BCUT2D eigenvalue weighted by Gasteiger charge is 2.22. The van der Waals surface area contributed by atoms with Crippen LogP contribution in [-0.2, 0) is 14.8 Å². The van der Waals surface area contributed by atoms with Gasteiger partial charge in [0.25, 0.3) is 10.0 Å². The highest BCUT2D eigenvalue weighted by atomic mass is 35.5. The minimum absolute atomic E-state index is 0.0504. The monoisotopic (exact) mass is 393 g/mol. The highest BCUT2D eigenvalue weighted by molar-refractivity contribution is 7.92. The number of ether oxygens (including phenoxy) is 1. The number of rotatable bonds is 4. The maximum Gasteiger partial charge on any atom is 0.337 e. The first-order valence-corrected chi connectivity index (χ1v) is 8.72. The van der Waals surface area contributed by atoms with E-state index in [9.17, 15) is 13.2 Å². The third-order valence-electron chi connectivity index (χ3n) is 2.84. The van der Waals surface area contributed by atoms with Crippen molar-refractivity contribution in [3.8, 4) is 0 Å². The smallest absolute Gasteiger partial charge is 0.337 e. The second-order valence-corrected chi connectivity index (χ2v) is 7.19. The molecule has 23 heavy (non-hydrogen) atoms. The number of carbonyl (C=O) groups is 1. The van der Waals surface area contributed by atoms with Gasteiger partial charge in [0.1, 0.15) is 4.90 Å². The molecule has 1 N–H and O–H groups in total. The Kier molecular flexibility index (Phi) is 5.41. The summed E-state index contributed by atoms with van der Waals surface area (Å²) in [6.07, 6.45) is 0. The quantitative estimate of drug-likeness (QED) is 0.788. The van der Waals surface area contributed by atoms with Gasteiger partial charge in [-0.15, -0.1) is 0 Å². The molecule has 0 amide bonds. The normalized spacial score (nSPS) is 11.1. The van der Waals surface area contributed by atoms with E-state index in [1.54, 1.807) is 6.07 Å². The predicted octanol–water partition coefficient (Wildman–Crippen LogP) is 4.23. The minimum atomic E-state index is -4.08. The Bertz CT molecular complexity index is 868. The number of hydrogen-bond acceptors (Lipinski definition) is 4. The van der Waals surface area contributed by atoms with Crippen LogP contribution in [0.15, 0.2) is 41.3 Å². The Labute approximate surface area is 148 Å². The molecule has 0 atom stereocenters. The van der Waals surface area contributed by atoms with Crippen molar-refractivity contribution >= 4 is 56.5 Å². The number of carbonyl (C=O) groups excluding carboxylic acids is 1. The SMILES string of the molecule is COC(=O)c1ccc(Cl)c(S(=O)(=O)Nc2cccc(Cl)c2Cl)c1. The van der Waals surface area contributed by atoms with E-state index >= 15 is 0 Å². The van der Waals surface area contributed by atoms with Gasteiger partial charge in [0.2, 0.25) is 0 Å². The zero-order valence-electron chi connectivity index (χ0n) is 11.6. The van der Waals surface area contributed by atoms with Gasteiger partial charge in [-0.05, 0) is 30.3 Å². The number of methoxy groups -OCH3 is 1. The van der Waals surface area contributed by atoms with Gasteiger partial charge in [0.15, 0.2) is 0 Å². The van der Waals surface area contributed by atoms with E-state index in [2.05, 4.69) is 9.46 Å². The number of sulfonamides is 1. The van der Waals surface area contributed by atoms with E-state index in [-0.39, 0.29) is 31.2 Å². The summed E-state index contributed by atoms with van der Waals surface area (Å²) in [5.41, 5.74) is 0.146. The lowest BCUT2D eigenvalue weighted by molar-refractivity contribution is 0.0600. The summed E-state index contributed by atoms with van der Waals surface area (Å²) in [5.74, 6) is -0.682. The Morgan fingerprint density at radius 2 is 1.78 bits per heavy atom. The Morgan fingerprint density at radius 3 is 2.43 bits per heavy atom. The maximum absolute atomic E-state index is 12.5. The van der Waals surface area contributed by atoms with Crippen molar-refractivity contribution < 1.29 is 17.9 Å². The molecule has 122 valence electrons. The first-order valence-electron chi connectivity index (χ1n) is 6.11. The average molecular weight is 395 g/mol. The lowest BCUT2D eigenvalue weighted by Gasteiger charge is -2.12. The van der Waals surface area contributed by atoms with Crippen LogP contribution < -0.4 is 4.72 Å². The lowest BCUT2D eigenvalue weighted by Crippen LogP contribution is -2.15. The Hall–Kier alpha value is -1.47. The molecule has 0 radical (unpaired) electrons. The van der Waals surface area contributed by atoms with Gasteiger partial charge in [-0.3, -0.25) is 4.72 Å². The summed E-state index contributed by atoms with van der Waals surface area (Å²) < 4.78 is 31.8. The van der Waals surface area contributed by atoms with Gasteiger partial charge in [-0.1, -0.05) is 40.9 Å². The molecular weight excluding hydrogens is 385 g/mol.